The molecule has 1 saturated heterocycles. The van der Waals surface area contributed by atoms with E-state index in [-0.39, 0.29) is 126 Å². The third kappa shape index (κ3) is 71.4. The van der Waals surface area contributed by atoms with Crippen molar-refractivity contribution in [3.05, 3.63) is 174 Å². The second-order valence-corrected chi connectivity index (χ2v) is 38.3. The van der Waals surface area contributed by atoms with E-state index in [1.165, 1.54) is 36.9 Å². The van der Waals surface area contributed by atoms with Gasteiger partial charge in [0, 0.05) is 111 Å². The zero-order valence-electron chi connectivity index (χ0n) is 85.3. The van der Waals surface area contributed by atoms with Crippen molar-refractivity contribution in [2.24, 2.45) is 35.8 Å². The summed E-state index contributed by atoms with van der Waals surface area (Å²) in [5.74, 6) is -4.77. The van der Waals surface area contributed by atoms with Crippen molar-refractivity contribution in [1.29, 1.82) is 0 Å². The van der Waals surface area contributed by atoms with Gasteiger partial charge in [-0.1, -0.05) is 238 Å². The number of allylic oxidation sites excluding steroid dienone is 21. The number of aromatic nitrogens is 4. The molecule has 1 aliphatic rings. The summed E-state index contributed by atoms with van der Waals surface area (Å²) in [7, 11) is 7.13. The Kier molecular flexibility index (Phi) is 80.6. The molecule has 5 atom stereocenters. The summed E-state index contributed by atoms with van der Waals surface area (Å²) in [5.41, 5.74) is -3.71. The molecule has 0 saturated carbocycles. The van der Waals surface area contributed by atoms with Gasteiger partial charge in [0.15, 0.2) is 22.7 Å². The summed E-state index contributed by atoms with van der Waals surface area (Å²) in [6.07, 6.45) is 62.7. The Hall–Kier alpha value is -10.0. The molecule has 0 radical (unpaired) electrons. The largest absolute Gasteiger partial charge is 0.481 e. The van der Waals surface area contributed by atoms with Crippen LogP contribution in [0.3, 0.4) is 0 Å². The second kappa shape index (κ2) is 82.8. The Morgan fingerprint density at radius 3 is 1.23 bits per heavy atom. The van der Waals surface area contributed by atoms with Gasteiger partial charge in [-0.15, -0.1) is 13.2 Å². The fourth-order valence-corrected chi connectivity index (χ4v) is 14.6. The van der Waals surface area contributed by atoms with Crippen LogP contribution < -0.4 is 21.9 Å². The number of carbonyl (C=O) groups excluding carboxylic acids is 9. The predicted octanol–water partition coefficient (Wildman–Crippen LogP) is 17.2. The van der Waals surface area contributed by atoms with Crippen molar-refractivity contribution in [1.82, 2.24) is 29.3 Å². The van der Waals surface area contributed by atoms with E-state index in [1.807, 2.05) is 46.7 Å². The zero-order valence-corrected chi connectivity index (χ0v) is 86.9. The van der Waals surface area contributed by atoms with E-state index < -0.39 is 93.0 Å². The topological polar surface area (TPSA) is 480 Å². The number of ketones is 4. The van der Waals surface area contributed by atoms with Crippen LogP contribution >= 0.6 is 21.6 Å². The van der Waals surface area contributed by atoms with Crippen LogP contribution in [0.4, 0.5) is 0 Å². The molecule has 33 heteroatoms. The van der Waals surface area contributed by atoms with Gasteiger partial charge < -0.3 is 79.9 Å². The number of Topliss-reactive ketones (excluding diaryl/α,β-unsaturated/α-hetero) is 4. The lowest BCUT2D eigenvalue weighted by Gasteiger charge is -2.29. The lowest BCUT2D eigenvalue weighted by Crippen LogP contribution is -2.46. The third-order valence-corrected chi connectivity index (χ3v) is 23.3. The van der Waals surface area contributed by atoms with E-state index >= 15 is 0 Å². The molecule has 10 N–H and O–H groups in total. The number of hydrogen-bond donors (Lipinski definition) is 10. The highest BCUT2D eigenvalue weighted by Crippen LogP contribution is 2.40. The number of carbonyl (C=O) groups is 12. The molecule has 0 aliphatic carbocycles. The number of ether oxygens (including phenoxy) is 3. The molecule has 1 fully saturated rings. The number of nitrogens with zero attached hydrogens (tertiary/aromatic N) is 4. The minimum Gasteiger partial charge on any atom is -0.481 e. The average molecular weight is 1980 g/mol. The van der Waals surface area contributed by atoms with Crippen LogP contribution in [-0.4, -0.2) is 205 Å². The van der Waals surface area contributed by atoms with E-state index in [2.05, 4.69) is 147 Å². The molecule has 3 heterocycles. The number of fused-ring (bicyclic) bond motifs is 1. The normalized spacial score (nSPS) is 13.7. The lowest BCUT2D eigenvalue weighted by atomic mass is 9.84. The van der Waals surface area contributed by atoms with Crippen LogP contribution in [0.15, 0.2) is 163 Å². The van der Waals surface area contributed by atoms with E-state index in [9.17, 15) is 87.5 Å². The maximum Gasteiger partial charge on any atom is 0.332 e. The minimum absolute atomic E-state index is 0.0144. The molecule has 780 valence electrons. The monoisotopic (exact) mass is 1980 g/mol. The maximum atomic E-state index is 12.3. The minimum atomic E-state index is -1.42. The molecule has 0 spiro atoms. The summed E-state index contributed by atoms with van der Waals surface area (Å²) < 4.78 is 19.5. The van der Waals surface area contributed by atoms with Gasteiger partial charge in [-0.3, -0.25) is 61.9 Å². The molecular weight excluding hydrogens is 1810 g/mol. The third-order valence-electron chi connectivity index (χ3n) is 20.3. The van der Waals surface area contributed by atoms with Gasteiger partial charge in [0.05, 0.1) is 52.0 Å². The Balaban J connectivity index is -0.000000766. The number of unbranched alkanes of at least 4 members (excludes halogenated alkanes) is 3. The number of aliphatic hydroxyl groups is 5. The number of aliphatic hydroxyl groups excluding tert-OH is 5. The van der Waals surface area contributed by atoms with E-state index in [4.69, 9.17) is 34.6 Å². The Morgan fingerprint density at radius 1 is 0.478 bits per heavy atom. The first kappa shape index (κ1) is 134. The molecule has 3 rings (SSSR count). The number of carboxylic acid groups (broad SMARTS) is 3. The maximum absolute atomic E-state index is 12.3. The Labute approximate surface area is 828 Å². The number of esters is 3. The zero-order chi connectivity index (χ0) is 105. The number of rotatable bonds is 64. The molecule has 2 amide bonds. The highest BCUT2D eigenvalue weighted by atomic mass is 33.1. The average Bonchev–Trinajstić information content (AvgIpc) is 1.61. The first-order valence-corrected chi connectivity index (χ1v) is 50.2. The number of hydrogen-bond acceptors (Lipinski definition) is 25. The first-order chi connectivity index (χ1) is 65.2. The lowest BCUT2D eigenvalue weighted by molar-refractivity contribution is -0.153. The van der Waals surface area contributed by atoms with Crippen molar-refractivity contribution >= 4 is 104 Å². The summed E-state index contributed by atoms with van der Waals surface area (Å²) in [6.45, 7) is 31.2. The highest BCUT2D eigenvalue weighted by molar-refractivity contribution is 8.77. The van der Waals surface area contributed by atoms with Crippen molar-refractivity contribution in [2.45, 2.75) is 332 Å². The van der Waals surface area contributed by atoms with Crippen molar-refractivity contribution in [2.75, 3.05) is 45.3 Å². The first-order valence-electron chi connectivity index (χ1n) is 47.8. The van der Waals surface area contributed by atoms with Gasteiger partial charge in [-0.2, -0.15) is 0 Å². The smallest absolute Gasteiger partial charge is 0.332 e. The summed E-state index contributed by atoms with van der Waals surface area (Å²) in [5, 5.41) is 79.8. The van der Waals surface area contributed by atoms with Gasteiger partial charge >= 0.3 is 41.5 Å². The van der Waals surface area contributed by atoms with E-state index in [1.54, 1.807) is 92.3 Å². The fraction of sp³-hybridized carbons (Fsp3) is 0.610. The number of imidazole rings is 1. The molecule has 31 nitrogen and oxygen atoms in total. The Morgan fingerprint density at radius 2 is 0.855 bits per heavy atom. The molecular formula is C105H168N6O25S2. The van der Waals surface area contributed by atoms with E-state index in [0.29, 0.717) is 69.0 Å². The summed E-state index contributed by atoms with van der Waals surface area (Å²) in [6, 6.07) is 0. The molecule has 0 bridgehead atoms. The SMILES string of the molecule is C/C=C\CCCC(=O)OCC(C)(C)[C@@H](O)C(=O)NCCC(=O)O.C=CC/C=C\C/C=C\C/C=C\C/C=C\CC.C=CC/C=C\CC(=O)OCC(C)(C)[C@@H](O)C(=O)NCCC(=O)O.CC(=O)CCCC(=O)[C@H](O)C(C)(C)CO.CC(=O)CCCC(=O)[C@H](O)C(C)(C)COC(=O)CCCC[C@@H]1CCSS1.CC/C=C\C/C=C\C/C=C\C/C=C\CC.Cn1cnc2c1c(=O)n(CCCCC(=O)O)c(=O)n2C. The molecule has 2 aromatic heterocycles. The van der Waals surface area contributed by atoms with Crippen LogP contribution in [-0.2, 0) is 92.4 Å². The number of carboxylic acids is 3. The van der Waals surface area contributed by atoms with Crippen molar-refractivity contribution < 1.29 is 113 Å². The van der Waals surface area contributed by atoms with Crippen LogP contribution in [0.5, 0.6) is 0 Å². The van der Waals surface area contributed by atoms with Crippen molar-refractivity contribution in [3.8, 4) is 0 Å². The van der Waals surface area contributed by atoms with E-state index in [0.717, 1.165) is 99.7 Å². The number of aryl methyl sites for hydroxylation is 2. The molecule has 2 aromatic rings. The van der Waals surface area contributed by atoms with Crippen molar-refractivity contribution in [3.63, 3.8) is 0 Å². The number of amides is 2. The van der Waals surface area contributed by atoms with Gasteiger partial charge in [-0.05, 0) is 149 Å². The molecule has 138 heavy (non-hydrogen) atoms. The second-order valence-electron chi connectivity index (χ2n) is 35.5. The summed E-state index contributed by atoms with van der Waals surface area (Å²) >= 11 is 0. The number of nitrogens with one attached hydrogen (secondary N) is 2. The predicted molar refractivity (Wildman–Crippen MR) is 551 cm³/mol. The standard InChI is InChI=1S/C19H32O5S2.C16H27NO6.C16H25NO6.C16H24.C15H24.C12H16N4O4.C11H20O4/c1-14(20)7-6-9-16(21)18(23)19(2,3)13-24-17(22)10-5-4-8-15-11-12-25-26-15;2*1-4-5-6-7-8-13(20)23-11-16(2,3)14(21)15(22)17-10-9-12(18)19;1-3-5-7-9-11-13-15-16-14-12-10-8-6-4-2;1-3-5-7-9-11-13-15-14-12-10-8-6-4-2;1-14-7-13-10-9(14)11(19)16(12(20)15(10)2)6-4-3-5-8(17)18;1-8(13)5-4-6-9(14)10(15)11(2,3)7-12/h15,18,23H,4-13H2,1-3H3;4-5,14,21H,6-11H2,1-3H3,(H,17,22)(H,18,19);4,6-7,14,21H,1,5,8-11H2,2-3H3,(H,17,22)(H,18,19);3,6-9,12-15H,1,4-5,10-11,16H2,2H3;5-8,11-14H,3-4,9-10,15H2,1-2H3;7H,3-6H2,1-2H3,(H,17,18);10,12,15H,4-7H2,1-3H3/b;5-4-;7-6-;8-6-,9-7-,14-12-,15-13-;7-5-,8-6-,13-11-,14-12-;;/t15-,18+;2*14-;;;;10-/m100...0/s1. The molecule has 0 aromatic carbocycles. The Bertz CT molecular complexity index is 4290. The number of aliphatic carboxylic acids is 3. The molecule has 0 unspecified atom stereocenters. The quantitative estimate of drug-likeness (QED) is 0.00966. The van der Waals surface area contributed by atoms with Crippen LogP contribution in [0, 0.1) is 21.7 Å². The van der Waals surface area contributed by atoms with Crippen LogP contribution in [0.2, 0.25) is 0 Å². The highest BCUT2D eigenvalue weighted by Gasteiger charge is 2.38. The van der Waals surface area contributed by atoms with Gasteiger partial charge in [0.25, 0.3) is 5.56 Å². The van der Waals surface area contributed by atoms with Gasteiger partial charge in [-0.25, -0.2) is 9.78 Å². The van der Waals surface area contributed by atoms with Gasteiger partial charge in [0.2, 0.25) is 11.8 Å². The summed E-state index contributed by atoms with van der Waals surface area (Å²) in [4.78, 5) is 163. The fourth-order valence-electron chi connectivity index (χ4n) is 11.5. The van der Waals surface area contributed by atoms with Crippen LogP contribution in [0.1, 0.15) is 296 Å². The molecule has 1 aliphatic heterocycles. The van der Waals surface area contributed by atoms with Crippen LogP contribution in [0.25, 0.3) is 11.2 Å². The van der Waals surface area contributed by atoms with Gasteiger partial charge in [0.1, 0.15) is 36.0 Å².